The van der Waals surface area contributed by atoms with Crippen LogP contribution in [0.25, 0.3) is 0 Å². The van der Waals surface area contributed by atoms with Gasteiger partial charge in [0.25, 0.3) is 5.91 Å². The molecule has 0 spiro atoms. The molecule has 0 aliphatic rings. The van der Waals surface area contributed by atoms with Crippen molar-refractivity contribution in [1.82, 2.24) is 10.3 Å². The minimum Gasteiger partial charge on any atom is -0.366 e. The van der Waals surface area contributed by atoms with Gasteiger partial charge in [-0.05, 0) is 23.8 Å². The second-order valence-corrected chi connectivity index (χ2v) is 4.10. The fraction of sp³-hybridized carbons (Fsp3) is 0.0714. The van der Waals surface area contributed by atoms with E-state index in [2.05, 4.69) is 10.3 Å². The van der Waals surface area contributed by atoms with Crippen molar-refractivity contribution in [3.63, 3.8) is 0 Å². The van der Waals surface area contributed by atoms with E-state index >= 15 is 0 Å². The Labute approximate surface area is 114 Å². The van der Waals surface area contributed by atoms with Crippen LogP contribution in [-0.4, -0.2) is 16.8 Å². The Morgan fingerprint density at radius 2 is 2.10 bits per heavy atom. The maximum atomic E-state index is 13.4. The number of nitrogens with zero attached hydrogens (tertiary/aromatic N) is 1. The molecule has 0 bridgehead atoms. The third-order valence-corrected chi connectivity index (χ3v) is 2.68. The number of carbonyl (C=O) groups excluding carboxylic acids is 2. The molecular weight excluding hydrogens is 261 g/mol. The molecule has 1 heterocycles. The molecule has 0 radical (unpaired) electrons. The number of hydrogen-bond acceptors (Lipinski definition) is 3. The first-order valence-corrected chi connectivity index (χ1v) is 5.84. The average molecular weight is 273 g/mol. The average Bonchev–Trinajstić information content (AvgIpc) is 2.45. The standard InChI is InChI=1S/C14H12FN3O2/c15-12-8-17-5-4-11(12)14(20)18-7-9-2-1-3-10(6-9)13(16)19/h1-6,8H,7H2,(H2,16,19)(H,18,20). The first-order valence-electron chi connectivity index (χ1n) is 5.84. The SMILES string of the molecule is NC(=O)c1cccc(CNC(=O)c2ccncc2F)c1. The number of primary amides is 1. The second kappa shape index (κ2) is 5.92. The molecule has 0 fully saturated rings. The molecule has 20 heavy (non-hydrogen) atoms. The molecule has 2 rings (SSSR count). The van der Waals surface area contributed by atoms with Gasteiger partial charge in [-0.15, -0.1) is 0 Å². The minimum absolute atomic E-state index is 0.0777. The lowest BCUT2D eigenvalue weighted by Crippen LogP contribution is -2.24. The number of halogens is 1. The van der Waals surface area contributed by atoms with Crippen LogP contribution in [0.3, 0.4) is 0 Å². The van der Waals surface area contributed by atoms with Crippen LogP contribution in [-0.2, 0) is 6.54 Å². The lowest BCUT2D eigenvalue weighted by Gasteiger charge is -2.06. The van der Waals surface area contributed by atoms with Crippen molar-refractivity contribution >= 4 is 11.8 Å². The summed E-state index contributed by atoms with van der Waals surface area (Å²) >= 11 is 0. The third-order valence-electron chi connectivity index (χ3n) is 2.68. The van der Waals surface area contributed by atoms with Gasteiger partial charge in [-0.25, -0.2) is 4.39 Å². The molecule has 0 atom stereocenters. The maximum absolute atomic E-state index is 13.4. The van der Waals surface area contributed by atoms with Crippen LogP contribution >= 0.6 is 0 Å². The van der Waals surface area contributed by atoms with Crippen LogP contribution in [0.2, 0.25) is 0 Å². The first kappa shape index (κ1) is 13.7. The van der Waals surface area contributed by atoms with Gasteiger partial charge in [-0.3, -0.25) is 14.6 Å². The number of aromatic nitrogens is 1. The summed E-state index contributed by atoms with van der Waals surface area (Å²) in [7, 11) is 0. The van der Waals surface area contributed by atoms with E-state index in [0.717, 1.165) is 6.20 Å². The predicted octanol–water partition coefficient (Wildman–Crippen LogP) is 1.25. The summed E-state index contributed by atoms with van der Waals surface area (Å²) in [6.07, 6.45) is 2.31. The largest absolute Gasteiger partial charge is 0.366 e. The van der Waals surface area contributed by atoms with Crippen molar-refractivity contribution in [2.45, 2.75) is 6.54 Å². The summed E-state index contributed by atoms with van der Waals surface area (Å²) in [6, 6.07) is 7.84. The van der Waals surface area contributed by atoms with Crippen LogP contribution in [0.5, 0.6) is 0 Å². The molecule has 3 N–H and O–H groups in total. The van der Waals surface area contributed by atoms with Crippen molar-refractivity contribution in [1.29, 1.82) is 0 Å². The Morgan fingerprint density at radius 1 is 1.30 bits per heavy atom. The quantitative estimate of drug-likeness (QED) is 0.879. The molecule has 2 amide bonds. The number of carbonyl (C=O) groups is 2. The molecule has 0 saturated carbocycles. The normalized spacial score (nSPS) is 10.1. The van der Waals surface area contributed by atoms with Gasteiger partial charge in [0.1, 0.15) is 0 Å². The van der Waals surface area contributed by atoms with Crippen molar-refractivity contribution in [3.8, 4) is 0 Å². The van der Waals surface area contributed by atoms with E-state index < -0.39 is 17.6 Å². The van der Waals surface area contributed by atoms with Crippen molar-refractivity contribution in [3.05, 3.63) is 65.2 Å². The molecule has 0 saturated heterocycles. The lowest BCUT2D eigenvalue weighted by molar-refractivity contribution is 0.0946. The van der Waals surface area contributed by atoms with Gasteiger partial charge < -0.3 is 11.1 Å². The highest BCUT2D eigenvalue weighted by Gasteiger charge is 2.11. The molecule has 0 aliphatic carbocycles. The van der Waals surface area contributed by atoms with Crippen LogP contribution in [0, 0.1) is 5.82 Å². The van der Waals surface area contributed by atoms with Gasteiger partial charge in [0.15, 0.2) is 5.82 Å². The van der Waals surface area contributed by atoms with Crippen LogP contribution < -0.4 is 11.1 Å². The van der Waals surface area contributed by atoms with Crippen molar-refractivity contribution in [2.24, 2.45) is 5.73 Å². The zero-order chi connectivity index (χ0) is 14.5. The molecule has 5 nitrogen and oxygen atoms in total. The molecule has 1 aromatic heterocycles. The lowest BCUT2D eigenvalue weighted by atomic mass is 10.1. The summed E-state index contributed by atoms with van der Waals surface area (Å²) in [4.78, 5) is 26.4. The van der Waals surface area contributed by atoms with Gasteiger partial charge in [-0.1, -0.05) is 12.1 Å². The summed E-state index contributed by atoms with van der Waals surface area (Å²) in [5.74, 6) is -1.77. The highest BCUT2D eigenvalue weighted by Crippen LogP contribution is 2.07. The second-order valence-electron chi connectivity index (χ2n) is 4.10. The molecule has 102 valence electrons. The molecule has 0 unspecified atom stereocenters. The van der Waals surface area contributed by atoms with E-state index in [1.165, 1.54) is 12.3 Å². The number of amides is 2. The highest BCUT2D eigenvalue weighted by atomic mass is 19.1. The van der Waals surface area contributed by atoms with E-state index in [-0.39, 0.29) is 12.1 Å². The Balaban J connectivity index is 2.06. The monoisotopic (exact) mass is 273 g/mol. The fourth-order valence-electron chi connectivity index (χ4n) is 1.67. The third kappa shape index (κ3) is 3.17. The molecule has 0 aliphatic heterocycles. The van der Waals surface area contributed by atoms with Gasteiger partial charge in [0.05, 0.1) is 11.8 Å². The number of rotatable bonds is 4. The van der Waals surface area contributed by atoms with Gasteiger partial charge in [0.2, 0.25) is 5.91 Å². The minimum atomic E-state index is -0.684. The topological polar surface area (TPSA) is 85.1 Å². The zero-order valence-electron chi connectivity index (χ0n) is 10.5. The van der Waals surface area contributed by atoms with Crippen molar-refractivity contribution < 1.29 is 14.0 Å². The molecule has 1 aromatic carbocycles. The zero-order valence-corrected chi connectivity index (χ0v) is 10.5. The van der Waals surface area contributed by atoms with Gasteiger partial charge >= 0.3 is 0 Å². The van der Waals surface area contributed by atoms with E-state index in [4.69, 9.17) is 5.73 Å². The van der Waals surface area contributed by atoms with E-state index in [1.54, 1.807) is 24.3 Å². The maximum Gasteiger partial charge on any atom is 0.254 e. The van der Waals surface area contributed by atoms with Crippen LogP contribution in [0.4, 0.5) is 4.39 Å². The Bertz CT molecular complexity index is 658. The molecule has 2 aromatic rings. The van der Waals surface area contributed by atoms with Crippen LogP contribution in [0.1, 0.15) is 26.3 Å². The van der Waals surface area contributed by atoms with Gasteiger partial charge in [0, 0.05) is 18.3 Å². The first-order chi connectivity index (χ1) is 9.58. The fourth-order valence-corrected chi connectivity index (χ4v) is 1.67. The van der Waals surface area contributed by atoms with Crippen molar-refractivity contribution in [2.75, 3.05) is 0 Å². The van der Waals surface area contributed by atoms with Crippen LogP contribution in [0.15, 0.2) is 42.7 Å². The Kier molecular flexibility index (Phi) is 4.05. The Morgan fingerprint density at radius 3 is 2.80 bits per heavy atom. The summed E-state index contributed by atoms with van der Waals surface area (Å²) in [5.41, 5.74) is 6.14. The number of nitrogens with one attached hydrogen (secondary N) is 1. The molecule has 6 heteroatoms. The van der Waals surface area contributed by atoms with E-state index in [1.807, 2.05) is 0 Å². The summed E-state index contributed by atoms with van der Waals surface area (Å²) in [5, 5.41) is 2.56. The predicted molar refractivity (Wildman–Crippen MR) is 70.3 cm³/mol. The van der Waals surface area contributed by atoms with E-state index in [0.29, 0.717) is 11.1 Å². The number of pyridine rings is 1. The highest BCUT2D eigenvalue weighted by molar-refractivity contribution is 5.94. The number of nitrogens with two attached hydrogens (primary N) is 1. The smallest absolute Gasteiger partial charge is 0.254 e. The summed E-state index contributed by atoms with van der Waals surface area (Å²) in [6.45, 7) is 0.168. The molecular formula is C14H12FN3O2. The van der Waals surface area contributed by atoms with E-state index in [9.17, 15) is 14.0 Å². The number of hydrogen-bond donors (Lipinski definition) is 2. The summed E-state index contributed by atoms with van der Waals surface area (Å²) < 4.78 is 13.4. The van der Waals surface area contributed by atoms with Gasteiger partial charge in [-0.2, -0.15) is 0 Å². The Hall–Kier alpha value is -2.76. The number of benzene rings is 1.